The van der Waals surface area contributed by atoms with Gasteiger partial charge in [-0.25, -0.2) is 0 Å². The first kappa shape index (κ1) is 27.2. The number of nitrogens with one attached hydrogen (secondary N) is 2. The van der Waals surface area contributed by atoms with Crippen molar-refractivity contribution >= 4 is 16.8 Å². The maximum Gasteiger partial charge on any atom is 0.248 e. The number of carbonyl (C=O) groups is 1. The van der Waals surface area contributed by atoms with Crippen LogP contribution in [0, 0.1) is 0 Å². The lowest BCUT2D eigenvalue weighted by molar-refractivity contribution is -0.127. The molecule has 1 aromatic heterocycles. The molecule has 1 aliphatic carbocycles. The molecular weight excluding hydrogens is 490 g/mol. The van der Waals surface area contributed by atoms with E-state index in [0.29, 0.717) is 49.8 Å². The average Bonchev–Trinajstić information content (AvgIpc) is 3.37. The molecule has 1 saturated heterocycles. The Balaban J connectivity index is 1.27. The third-order valence-corrected chi connectivity index (χ3v) is 8.29. The number of pyridine rings is 1. The molecule has 7 heteroatoms. The van der Waals surface area contributed by atoms with Gasteiger partial charge in [0.15, 0.2) is 0 Å². The number of carbonyl (C=O) groups excluding carboxylic acids is 1. The van der Waals surface area contributed by atoms with Crippen LogP contribution < -0.4 is 15.6 Å². The second kappa shape index (κ2) is 11.8. The predicted molar refractivity (Wildman–Crippen MR) is 154 cm³/mol. The summed E-state index contributed by atoms with van der Waals surface area (Å²) in [5, 5.41) is 15.6. The van der Waals surface area contributed by atoms with Crippen molar-refractivity contribution in [1.82, 2.24) is 15.2 Å². The number of hydrogen-bond acceptors (Lipinski definition) is 5. The second-order valence-corrected chi connectivity index (χ2v) is 10.7. The van der Waals surface area contributed by atoms with Gasteiger partial charge < -0.3 is 25.0 Å². The molecule has 0 spiro atoms. The van der Waals surface area contributed by atoms with Crippen LogP contribution in [0.15, 0.2) is 53.8 Å². The molecule has 2 aliphatic rings. The van der Waals surface area contributed by atoms with E-state index in [1.165, 1.54) is 34.4 Å². The van der Waals surface area contributed by atoms with Gasteiger partial charge in [-0.15, -0.1) is 0 Å². The Morgan fingerprint density at radius 3 is 2.41 bits per heavy atom. The van der Waals surface area contributed by atoms with E-state index in [1.807, 2.05) is 12.1 Å². The van der Waals surface area contributed by atoms with Gasteiger partial charge >= 0.3 is 0 Å². The summed E-state index contributed by atoms with van der Waals surface area (Å²) in [5.74, 6) is 0.526. The highest BCUT2D eigenvalue weighted by molar-refractivity contribution is 5.88. The first-order valence-electron chi connectivity index (χ1n) is 14.2. The molecule has 1 unspecified atom stereocenters. The first-order valence-corrected chi connectivity index (χ1v) is 14.2. The second-order valence-electron chi connectivity index (χ2n) is 10.7. The fourth-order valence-electron chi connectivity index (χ4n) is 6.10. The highest BCUT2D eigenvalue weighted by atomic mass is 16.5. The third kappa shape index (κ3) is 5.80. The van der Waals surface area contributed by atoms with Crippen LogP contribution in [0.1, 0.15) is 60.6 Å². The molecule has 2 aromatic carbocycles. The van der Waals surface area contributed by atoms with Gasteiger partial charge in [0.25, 0.3) is 0 Å². The molecule has 1 fully saturated rings. The van der Waals surface area contributed by atoms with Crippen LogP contribution in [0.2, 0.25) is 0 Å². The molecular formula is C32H39N3O4. The molecule has 7 nitrogen and oxygen atoms in total. The molecule has 3 N–H and O–H groups in total. The minimum Gasteiger partial charge on any atom is -0.488 e. The summed E-state index contributed by atoms with van der Waals surface area (Å²) in [7, 11) is 0. The van der Waals surface area contributed by atoms with Crippen molar-refractivity contribution in [3.8, 4) is 5.75 Å². The van der Waals surface area contributed by atoms with Crippen LogP contribution in [0.25, 0.3) is 10.9 Å². The number of aliphatic hydroxyl groups excluding tert-OH is 1. The Morgan fingerprint density at radius 1 is 1.13 bits per heavy atom. The number of piperidine rings is 1. The van der Waals surface area contributed by atoms with Crippen LogP contribution in [0.4, 0.5) is 0 Å². The molecule has 206 valence electrons. The van der Waals surface area contributed by atoms with Crippen LogP contribution in [0.3, 0.4) is 0 Å². The Kier molecular flexibility index (Phi) is 8.19. The molecule has 0 saturated carbocycles. The Labute approximate surface area is 229 Å². The summed E-state index contributed by atoms with van der Waals surface area (Å²) in [6, 6.07) is 12.0. The topological polar surface area (TPSA) is 94.7 Å². The van der Waals surface area contributed by atoms with Gasteiger partial charge in [0.05, 0.1) is 11.6 Å². The van der Waals surface area contributed by atoms with Crippen molar-refractivity contribution in [3.05, 3.63) is 87.2 Å². The summed E-state index contributed by atoms with van der Waals surface area (Å²) >= 11 is 0. The molecule has 0 radical (unpaired) electrons. The number of ether oxygens (including phenoxy) is 1. The van der Waals surface area contributed by atoms with Gasteiger partial charge in [0, 0.05) is 50.0 Å². The number of aromatic amines is 1. The molecule has 1 aliphatic heterocycles. The number of rotatable bonds is 9. The maximum atomic E-state index is 12.2. The third-order valence-electron chi connectivity index (χ3n) is 8.29. The minimum absolute atomic E-state index is 0.0614. The summed E-state index contributed by atoms with van der Waals surface area (Å²) in [6.45, 7) is 9.63. The maximum absolute atomic E-state index is 12.2. The lowest BCUT2D eigenvalue weighted by Crippen LogP contribution is -2.41. The molecule has 5 rings (SSSR count). The highest BCUT2D eigenvalue weighted by Gasteiger charge is 2.26. The number of fused-ring (bicyclic) bond motifs is 2. The lowest BCUT2D eigenvalue weighted by atomic mass is 9.97. The van der Waals surface area contributed by atoms with E-state index >= 15 is 0 Å². The monoisotopic (exact) mass is 529 g/mol. The minimum atomic E-state index is -0.735. The van der Waals surface area contributed by atoms with Crippen LogP contribution in [0.5, 0.6) is 5.75 Å². The van der Waals surface area contributed by atoms with Gasteiger partial charge in [-0.3, -0.25) is 9.59 Å². The molecule has 2 heterocycles. The number of aliphatic hydroxyl groups is 1. The fraction of sp³-hybridized carbons (Fsp3) is 0.438. The first-order chi connectivity index (χ1) is 18.9. The number of amides is 1. The summed E-state index contributed by atoms with van der Waals surface area (Å²) in [5.41, 5.74) is 6.84. The summed E-state index contributed by atoms with van der Waals surface area (Å²) < 4.78 is 6.30. The zero-order chi connectivity index (χ0) is 27.5. The van der Waals surface area contributed by atoms with Crippen molar-refractivity contribution in [2.75, 3.05) is 19.6 Å². The highest BCUT2D eigenvalue weighted by Crippen LogP contribution is 2.32. The number of aromatic nitrogens is 1. The van der Waals surface area contributed by atoms with E-state index in [0.717, 1.165) is 36.6 Å². The van der Waals surface area contributed by atoms with E-state index in [4.69, 9.17) is 4.74 Å². The van der Waals surface area contributed by atoms with Crippen LogP contribution >= 0.6 is 0 Å². The molecule has 0 bridgehead atoms. The normalized spacial score (nSPS) is 16.8. The van der Waals surface area contributed by atoms with Gasteiger partial charge in [-0.05, 0) is 71.7 Å². The zero-order valence-corrected chi connectivity index (χ0v) is 23.0. The number of benzene rings is 2. The lowest BCUT2D eigenvalue weighted by Gasteiger charge is -2.31. The fourth-order valence-corrected chi connectivity index (χ4v) is 6.10. The van der Waals surface area contributed by atoms with Crippen molar-refractivity contribution in [2.24, 2.45) is 0 Å². The Hall–Kier alpha value is -3.42. The van der Waals surface area contributed by atoms with Crippen molar-refractivity contribution in [3.63, 3.8) is 0 Å². The van der Waals surface area contributed by atoms with E-state index in [9.17, 15) is 14.7 Å². The zero-order valence-electron chi connectivity index (χ0n) is 23.0. The number of nitrogens with zero attached hydrogens (tertiary/aromatic N) is 1. The predicted octanol–water partition coefficient (Wildman–Crippen LogP) is 4.00. The van der Waals surface area contributed by atoms with Crippen LogP contribution in [-0.2, 0) is 30.5 Å². The van der Waals surface area contributed by atoms with E-state index < -0.39 is 6.10 Å². The number of aryl methyl sites for hydroxylation is 2. The number of likely N-dealkylation sites (tertiary alicyclic amines) is 1. The smallest absolute Gasteiger partial charge is 0.248 e. The Morgan fingerprint density at radius 2 is 1.79 bits per heavy atom. The average molecular weight is 530 g/mol. The standard InChI is InChI=1S/C32H39N3O4/c1-4-20-15-22-17-24(18-23(22)16-21(20)5-2)33-19-28(36)26-7-9-29(32-27(26)8-10-30(37)34-32)39-25-11-13-35(14-12-25)31(38)6-3/h6-10,15-16,24-25,28,33,36H,3-5,11-14,17-19H2,1-2H3,(H,34,37). The van der Waals surface area contributed by atoms with Gasteiger partial charge in [0.1, 0.15) is 11.9 Å². The van der Waals surface area contributed by atoms with Crippen molar-refractivity contribution < 1.29 is 14.6 Å². The van der Waals surface area contributed by atoms with E-state index in [1.54, 1.807) is 11.0 Å². The van der Waals surface area contributed by atoms with E-state index in [-0.39, 0.29) is 17.6 Å². The van der Waals surface area contributed by atoms with Gasteiger partial charge in [-0.2, -0.15) is 0 Å². The number of H-pyrrole nitrogens is 1. The molecule has 39 heavy (non-hydrogen) atoms. The quantitative estimate of drug-likeness (QED) is 0.364. The molecule has 1 amide bonds. The van der Waals surface area contributed by atoms with Crippen molar-refractivity contribution in [2.45, 2.75) is 70.6 Å². The largest absolute Gasteiger partial charge is 0.488 e. The van der Waals surface area contributed by atoms with Crippen molar-refractivity contribution in [1.29, 1.82) is 0 Å². The van der Waals surface area contributed by atoms with E-state index in [2.05, 4.69) is 42.9 Å². The summed E-state index contributed by atoms with van der Waals surface area (Å²) in [4.78, 5) is 28.8. The van der Waals surface area contributed by atoms with Gasteiger partial charge in [-0.1, -0.05) is 38.6 Å². The Bertz CT molecular complexity index is 1390. The SMILES string of the molecule is C=CC(=O)N1CCC(Oc2ccc(C(O)CNC3Cc4cc(CC)c(CC)cc4C3)c3ccc(=O)[nH]c23)CC1. The molecule has 3 aromatic rings. The molecule has 1 atom stereocenters. The summed E-state index contributed by atoms with van der Waals surface area (Å²) in [6.07, 6.45) is 6.00. The van der Waals surface area contributed by atoms with Crippen LogP contribution in [-0.4, -0.2) is 52.7 Å². The number of hydrogen-bond donors (Lipinski definition) is 3. The van der Waals surface area contributed by atoms with Gasteiger partial charge in [0.2, 0.25) is 11.5 Å².